The van der Waals surface area contributed by atoms with Crippen molar-refractivity contribution >= 4 is 29.3 Å². The number of carboxylic acids is 1. The molecule has 3 aromatic carbocycles. The van der Waals surface area contributed by atoms with Crippen LogP contribution in [0.25, 0.3) is 11.1 Å². The summed E-state index contributed by atoms with van der Waals surface area (Å²) in [6.45, 7) is 3.65. The summed E-state index contributed by atoms with van der Waals surface area (Å²) in [5.41, 5.74) is 5.70. The molecule has 1 aromatic heterocycles. The predicted octanol–water partition coefficient (Wildman–Crippen LogP) is 5.28. The summed E-state index contributed by atoms with van der Waals surface area (Å²) in [4.78, 5) is 42.1. The van der Waals surface area contributed by atoms with Crippen LogP contribution in [0.4, 0.5) is 4.79 Å². The first-order chi connectivity index (χ1) is 20.3. The van der Waals surface area contributed by atoms with E-state index >= 15 is 0 Å². The second-order valence-electron chi connectivity index (χ2n) is 9.99. The summed E-state index contributed by atoms with van der Waals surface area (Å²) < 4.78 is 11.6. The van der Waals surface area contributed by atoms with Crippen LogP contribution in [0.2, 0.25) is 0 Å². The summed E-state index contributed by atoms with van der Waals surface area (Å²) in [5.74, 6) is -1.70. The molecule has 0 saturated carbocycles. The van der Waals surface area contributed by atoms with Gasteiger partial charge in [0.1, 0.15) is 22.5 Å². The molecule has 5 rings (SSSR count). The second-order valence-corrected chi connectivity index (χ2v) is 11.1. The Hall–Kier alpha value is -4.54. The number of fused-ring (bicyclic) bond motifs is 3. The Kier molecular flexibility index (Phi) is 8.94. The molecule has 2 unspecified atom stereocenters. The highest BCUT2D eigenvalue weighted by Gasteiger charge is 2.32. The number of carbonyl (C=O) groups excluding carboxylic acids is 2. The van der Waals surface area contributed by atoms with Crippen molar-refractivity contribution in [3.8, 4) is 11.1 Å². The third-order valence-electron chi connectivity index (χ3n) is 7.17. The van der Waals surface area contributed by atoms with Gasteiger partial charge < -0.3 is 25.2 Å². The Morgan fingerprint density at radius 2 is 1.57 bits per heavy atom. The number of nitrogens with zero attached hydrogens (tertiary/aromatic N) is 1. The van der Waals surface area contributed by atoms with Crippen LogP contribution in [-0.4, -0.2) is 46.8 Å². The molecule has 216 valence electrons. The highest BCUT2D eigenvalue weighted by Crippen LogP contribution is 2.44. The molecule has 0 saturated heterocycles. The number of carbonyl (C=O) groups is 3. The van der Waals surface area contributed by atoms with E-state index in [1.165, 1.54) is 0 Å². The van der Waals surface area contributed by atoms with Gasteiger partial charge in [0.2, 0.25) is 5.91 Å². The normalized spacial score (nSPS) is 13.5. The van der Waals surface area contributed by atoms with Crippen molar-refractivity contribution in [2.45, 2.75) is 45.1 Å². The van der Waals surface area contributed by atoms with E-state index in [0.717, 1.165) is 39.2 Å². The van der Waals surface area contributed by atoms with Gasteiger partial charge in [-0.3, -0.25) is 4.79 Å². The maximum atomic E-state index is 13.3. The molecule has 2 atom stereocenters. The lowest BCUT2D eigenvalue weighted by Crippen LogP contribution is -2.53. The lowest BCUT2D eigenvalue weighted by atomic mass is 9.98. The van der Waals surface area contributed by atoms with Gasteiger partial charge in [0.15, 0.2) is 0 Å². The first kappa shape index (κ1) is 29.0. The largest absolute Gasteiger partial charge is 0.477 e. The molecule has 1 aliphatic carbocycles. The van der Waals surface area contributed by atoms with Crippen LogP contribution in [0.3, 0.4) is 0 Å². The van der Waals surface area contributed by atoms with E-state index in [4.69, 9.17) is 9.47 Å². The molecule has 0 aliphatic heterocycles. The molecule has 4 aromatic rings. The van der Waals surface area contributed by atoms with E-state index in [-0.39, 0.29) is 30.6 Å². The quantitative estimate of drug-likeness (QED) is 0.219. The SMILES string of the molecule is Cc1nc(CNC(=O)C(NC(=O)OCC2c3ccccc3-c3ccccc32)C(C)OCc2ccccc2)sc1C(=O)O. The van der Waals surface area contributed by atoms with Gasteiger partial charge in [0, 0.05) is 5.92 Å². The summed E-state index contributed by atoms with van der Waals surface area (Å²) in [5, 5.41) is 15.2. The second kappa shape index (κ2) is 13.0. The Bertz CT molecular complexity index is 1540. The van der Waals surface area contributed by atoms with Crippen LogP contribution in [-0.2, 0) is 27.4 Å². The fourth-order valence-corrected chi connectivity index (χ4v) is 5.90. The third kappa shape index (κ3) is 6.50. The van der Waals surface area contributed by atoms with E-state index in [0.29, 0.717) is 10.7 Å². The van der Waals surface area contributed by atoms with Gasteiger partial charge in [-0.1, -0.05) is 78.9 Å². The van der Waals surface area contributed by atoms with Gasteiger partial charge in [0.25, 0.3) is 0 Å². The van der Waals surface area contributed by atoms with Gasteiger partial charge in [-0.05, 0) is 41.7 Å². The van der Waals surface area contributed by atoms with Crippen molar-refractivity contribution in [2.75, 3.05) is 6.61 Å². The molecule has 9 nitrogen and oxygen atoms in total. The molecule has 3 N–H and O–H groups in total. The van der Waals surface area contributed by atoms with Crippen molar-refractivity contribution < 1.29 is 29.0 Å². The van der Waals surface area contributed by atoms with Crippen LogP contribution in [0.15, 0.2) is 78.9 Å². The molecule has 2 amide bonds. The zero-order chi connectivity index (χ0) is 29.6. The van der Waals surface area contributed by atoms with Crippen LogP contribution in [0.1, 0.15) is 49.9 Å². The Morgan fingerprint density at radius 1 is 0.952 bits per heavy atom. The number of carboxylic acid groups (broad SMARTS) is 1. The van der Waals surface area contributed by atoms with Gasteiger partial charge in [-0.2, -0.15) is 0 Å². The van der Waals surface area contributed by atoms with Crippen molar-refractivity contribution in [3.63, 3.8) is 0 Å². The summed E-state index contributed by atoms with van der Waals surface area (Å²) in [6, 6.07) is 24.5. The first-order valence-corrected chi connectivity index (χ1v) is 14.4. The van der Waals surface area contributed by atoms with E-state index < -0.39 is 30.1 Å². The number of rotatable bonds is 11. The molecule has 10 heteroatoms. The number of benzene rings is 3. The number of thiazole rings is 1. The first-order valence-electron chi connectivity index (χ1n) is 13.6. The summed E-state index contributed by atoms with van der Waals surface area (Å²) in [6.07, 6.45) is -1.45. The monoisotopic (exact) mass is 585 g/mol. The molecular weight excluding hydrogens is 554 g/mol. The fourth-order valence-electron chi connectivity index (χ4n) is 5.06. The average Bonchev–Trinajstić information content (AvgIpc) is 3.54. The zero-order valence-electron chi connectivity index (χ0n) is 23.2. The van der Waals surface area contributed by atoms with Gasteiger partial charge >= 0.3 is 12.1 Å². The average molecular weight is 586 g/mol. The summed E-state index contributed by atoms with van der Waals surface area (Å²) in [7, 11) is 0. The number of aromatic carboxylic acids is 1. The van der Waals surface area contributed by atoms with Gasteiger partial charge in [0.05, 0.1) is 24.9 Å². The molecule has 1 heterocycles. The third-order valence-corrected chi connectivity index (χ3v) is 8.32. The van der Waals surface area contributed by atoms with Crippen LogP contribution in [0.5, 0.6) is 0 Å². The number of alkyl carbamates (subject to hydrolysis) is 1. The highest BCUT2D eigenvalue weighted by molar-refractivity contribution is 7.13. The van der Waals surface area contributed by atoms with Crippen LogP contribution < -0.4 is 10.6 Å². The number of hydrogen-bond donors (Lipinski definition) is 3. The fraction of sp³-hybridized carbons (Fsp3) is 0.250. The topological polar surface area (TPSA) is 127 Å². The Balaban J connectivity index is 1.26. The lowest BCUT2D eigenvalue weighted by molar-refractivity contribution is -0.127. The molecule has 1 aliphatic rings. The standard InChI is InChI=1S/C32H31N3O6S/c1-19-29(31(37)38)42-27(34-19)16-33-30(36)28(20(2)40-17-21-10-4-3-5-11-21)35-32(39)41-18-26-24-14-8-6-12-22(24)23-13-7-9-15-25(23)26/h3-15,20,26,28H,16-18H2,1-2H3,(H,33,36)(H,35,39)(H,37,38). The minimum absolute atomic E-state index is 0.00585. The van der Waals surface area contributed by atoms with E-state index in [9.17, 15) is 19.5 Å². The molecule has 0 radical (unpaired) electrons. The number of aryl methyl sites for hydroxylation is 1. The predicted molar refractivity (Wildman–Crippen MR) is 158 cm³/mol. The maximum Gasteiger partial charge on any atom is 0.407 e. The van der Waals surface area contributed by atoms with Crippen molar-refractivity contribution in [3.05, 3.63) is 111 Å². The molecule has 0 spiro atoms. The van der Waals surface area contributed by atoms with E-state index in [1.54, 1.807) is 13.8 Å². The number of amides is 2. The van der Waals surface area contributed by atoms with Crippen LogP contribution in [0, 0.1) is 6.92 Å². The molecule has 0 bridgehead atoms. The smallest absolute Gasteiger partial charge is 0.407 e. The summed E-state index contributed by atoms with van der Waals surface area (Å²) >= 11 is 0.994. The molecule has 42 heavy (non-hydrogen) atoms. The number of nitrogens with one attached hydrogen (secondary N) is 2. The highest BCUT2D eigenvalue weighted by atomic mass is 32.1. The minimum Gasteiger partial charge on any atom is -0.477 e. The van der Waals surface area contributed by atoms with E-state index in [1.807, 2.05) is 66.7 Å². The lowest BCUT2D eigenvalue weighted by Gasteiger charge is -2.25. The van der Waals surface area contributed by atoms with Gasteiger partial charge in [-0.25, -0.2) is 14.6 Å². The van der Waals surface area contributed by atoms with Gasteiger partial charge in [-0.15, -0.1) is 11.3 Å². The molecular formula is C32H31N3O6S. The number of ether oxygens (including phenoxy) is 2. The van der Waals surface area contributed by atoms with Crippen molar-refractivity contribution in [2.24, 2.45) is 0 Å². The van der Waals surface area contributed by atoms with Crippen molar-refractivity contribution in [1.29, 1.82) is 0 Å². The Labute approximate surface area is 247 Å². The zero-order valence-corrected chi connectivity index (χ0v) is 24.0. The van der Waals surface area contributed by atoms with Crippen molar-refractivity contribution in [1.82, 2.24) is 15.6 Å². The Morgan fingerprint density at radius 3 is 2.19 bits per heavy atom. The number of aromatic nitrogens is 1. The van der Waals surface area contributed by atoms with Crippen LogP contribution >= 0.6 is 11.3 Å². The van der Waals surface area contributed by atoms with E-state index in [2.05, 4.69) is 27.8 Å². The minimum atomic E-state index is -1.08. The molecule has 0 fully saturated rings. The number of hydrogen-bond acceptors (Lipinski definition) is 7. The maximum absolute atomic E-state index is 13.3.